The van der Waals surface area contributed by atoms with E-state index in [4.69, 9.17) is 0 Å². The summed E-state index contributed by atoms with van der Waals surface area (Å²) in [5.41, 5.74) is 1.01. The third-order valence-corrected chi connectivity index (χ3v) is 5.14. The zero-order valence-corrected chi connectivity index (χ0v) is 15.6. The molecule has 0 bridgehead atoms. The molecule has 0 aliphatic carbocycles. The second-order valence-corrected chi connectivity index (χ2v) is 9.78. The van der Waals surface area contributed by atoms with E-state index in [2.05, 4.69) is 43.4 Å². The number of hydrogen-bond acceptors (Lipinski definition) is 3. The molecule has 1 aromatic rings. The monoisotopic (exact) mass is 313 g/mol. The smallest absolute Gasteiger partial charge is 0.137 e. The quantitative estimate of drug-likeness (QED) is 0.753. The number of aromatic nitrogens is 2. The van der Waals surface area contributed by atoms with Crippen LogP contribution in [0.3, 0.4) is 0 Å². The second kappa shape index (κ2) is 7.16. The van der Waals surface area contributed by atoms with Crippen LogP contribution in [0.25, 0.3) is 0 Å². The van der Waals surface area contributed by atoms with Gasteiger partial charge in [0, 0.05) is 31.2 Å². The van der Waals surface area contributed by atoms with Crippen molar-refractivity contribution in [1.29, 1.82) is 0 Å². The van der Waals surface area contributed by atoms with E-state index >= 15 is 0 Å². The van der Waals surface area contributed by atoms with E-state index < -0.39 is 11.4 Å². The van der Waals surface area contributed by atoms with E-state index in [0.29, 0.717) is 11.8 Å². The number of hydrogen-bond donors (Lipinski definition) is 0. The van der Waals surface area contributed by atoms with Crippen LogP contribution >= 0.6 is 0 Å². The van der Waals surface area contributed by atoms with Crippen LogP contribution in [0.15, 0.2) is 12.5 Å². The van der Waals surface area contributed by atoms with Crippen molar-refractivity contribution in [2.24, 2.45) is 11.8 Å². The first-order valence-electron chi connectivity index (χ1n) is 7.70. The lowest BCUT2D eigenvalue weighted by molar-refractivity contribution is 0.288. The van der Waals surface area contributed by atoms with Gasteiger partial charge < -0.3 is 9.12 Å². The molecule has 0 radical (unpaired) electrons. The SMILES string of the molecule is CC(C)Cn1cnc([C@H](C(C)C)N(C)[S+]([O-])C(C)(C)C)c1. The van der Waals surface area contributed by atoms with Crippen LogP contribution in [0.5, 0.6) is 0 Å². The number of rotatable bonds is 6. The molecular weight excluding hydrogens is 282 g/mol. The molecule has 0 N–H and O–H groups in total. The fraction of sp³-hybridized carbons (Fsp3) is 0.812. The third-order valence-electron chi connectivity index (χ3n) is 3.34. The molecule has 0 saturated carbocycles. The Balaban J connectivity index is 2.99. The zero-order valence-electron chi connectivity index (χ0n) is 14.8. The maximum Gasteiger partial charge on any atom is 0.137 e. The molecule has 0 fully saturated rings. The average molecular weight is 314 g/mol. The van der Waals surface area contributed by atoms with Crippen molar-refractivity contribution in [3.05, 3.63) is 18.2 Å². The maximum absolute atomic E-state index is 12.7. The van der Waals surface area contributed by atoms with Crippen molar-refractivity contribution >= 4 is 11.4 Å². The largest absolute Gasteiger partial charge is 0.597 e. The predicted octanol–water partition coefficient (Wildman–Crippen LogP) is 3.63. The summed E-state index contributed by atoms with van der Waals surface area (Å²) in [5.74, 6) is 0.940. The standard InChI is InChI=1S/C16H31N3OS/c1-12(2)9-19-10-14(17-11-19)15(13(3)4)18(8)21(20)16(5,6)7/h10-13,15H,9H2,1-8H3/t15-,21?/m0/s1. The van der Waals surface area contributed by atoms with Gasteiger partial charge in [0.2, 0.25) is 0 Å². The Labute approximate surface area is 133 Å². The molecule has 1 heterocycles. The molecule has 2 atom stereocenters. The van der Waals surface area contributed by atoms with Gasteiger partial charge in [0.1, 0.15) is 10.8 Å². The molecule has 1 aromatic heterocycles. The summed E-state index contributed by atoms with van der Waals surface area (Å²) in [4.78, 5) is 4.56. The first-order valence-corrected chi connectivity index (χ1v) is 8.81. The highest BCUT2D eigenvalue weighted by Crippen LogP contribution is 2.32. The van der Waals surface area contributed by atoms with Crippen molar-refractivity contribution in [3.8, 4) is 0 Å². The maximum atomic E-state index is 12.7. The minimum Gasteiger partial charge on any atom is -0.597 e. The second-order valence-electron chi connectivity index (χ2n) is 7.49. The topological polar surface area (TPSA) is 44.1 Å². The Bertz CT molecular complexity index is 437. The summed E-state index contributed by atoms with van der Waals surface area (Å²) in [5, 5.41) is 0. The van der Waals surface area contributed by atoms with Gasteiger partial charge in [-0.2, -0.15) is 0 Å². The van der Waals surface area contributed by atoms with E-state index in [0.717, 1.165) is 12.2 Å². The van der Waals surface area contributed by atoms with Gasteiger partial charge in [0.15, 0.2) is 0 Å². The molecule has 0 aliphatic rings. The summed E-state index contributed by atoms with van der Waals surface area (Å²) in [6.45, 7) is 15.7. The van der Waals surface area contributed by atoms with E-state index in [-0.39, 0.29) is 10.8 Å². The summed E-state index contributed by atoms with van der Waals surface area (Å²) in [7, 11) is 1.94. The normalized spacial score (nSPS) is 16.0. The lowest BCUT2D eigenvalue weighted by Gasteiger charge is -2.36. The fourth-order valence-electron chi connectivity index (χ4n) is 2.53. The number of nitrogens with zero attached hydrogens (tertiary/aromatic N) is 3. The van der Waals surface area contributed by atoms with Gasteiger partial charge in [0.25, 0.3) is 0 Å². The predicted molar refractivity (Wildman–Crippen MR) is 90.3 cm³/mol. The van der Waals surface area contributed by atoms with Gasteiger partial charge in [-0.25, -0.2) is 4.98 Å². The Kier molecular flexibility index (Phi) is 6.32. The average Bonchev–Trinajstić information content (AvgIpc) is 2.73. The molecule has 0 aromatic carbocycles. The first kappa shape index (κ1) is 18.5. The Morgan fingerprint density at radius 3 is 2.29 bits per heavy atom. The molecule has 0 saturated heterocycles. The van der Waals surface area contributed by atoms with Crippen LogP contribution in [0.4, 0.5) is 0 Å². The third kappa shape index (κ3) is 5.01. The molecule has 21 heavy (non-hydrogen) atoms. The van der Waals surface area contributed by atoms with E-state index in [1.54, 1.807) is 0 Å². The minimum atomic E-state index is -1.05. The minimum absolute atomic E-state index is 0.0680. The van der Waals surface area contributed by atoms with Crippen molar-refractivity contribution in [2.75, 3.05) is 7.05 Å². The van der Waals surface area contributed by atoms with Crippen LogP contribution in [0.2, 0.25) is 0 Å². The van der Waals surface area contributed by atoms with Crippen LogP contribution in [-0.4, -0.2) is 30.2 Å². The van der Waals surface area contributed by atoms with Crippen molar-refractivity contribution in [3.63, 3.8) is 0 Å². The molecule has 0 spiro atoms. The van der Waals surface area contributed by atoms with E-state index in [1.807, 2.05) is 38.5 Å². The van der Waals surface area contributed by atoms with E-state index in [9.17, 15) is 4.55 Å². The summed E-state index contributed by atoms with van der Waals surface area (Å²) in [6.07, 6.45) is 3.99. The van der Waals surface area contributed by atoms with Crippen LogP contribution in [0, 0.1) is 11.8 Å². The Morgan fingerprint density at radius 1 is 1.29 bits per heavy atom. The lowest BCUT2D eigenvalue weighted by atomic mass is 10.0. The van der Waals surface area contributed by atoms with E-state index in [1.165, 1.54) is 0 Å². The molecule has 0 amide bonds. The summed E-state index contributed by atoms with van der Waals surface area (Å²) < 4.78 is 16.5. The molecule has 1 rings (SSSR count). The highest BCUT2D eigenvalue weighted by Gasteiger charge is 2.37. The highest BCUT2D eigenvalue weighted by atomic mass is 32.2. The van der Waals surface area contributed by atoms with Gasteiger partial charge in [-0.15, -0.1) is 4.31 Å². The van der Waals surface area contributed by atoms with Gasteiger partial charge in [-0.3, -0.25) is 0 Å². The molecular formula is C16H31N3OS. The highest BCUT2D eigenvalue weighted by molar-refractivity contribution is 7.90. The molecule has 5 heteroatoms. The first-order chi connectivity index (χ1) is 9.54. The van der Waals surface area contributed by atoms with Gasteiger partial charge in [-0.05, 0) is 32.6 Å². The lowest BCUT2D eigenvalue weighted by Crippen LogP contribution is -2.44. The molecule has 4 nitrogen and oxygen atoms in total. The van der Waals surface area contributed by atoms with Gasteiger partial charge in [-0.1, -0.05) is 27.7 Å². The fourth-order valence-corrected chi connectivity index (χ4v) is 3.96. The molecule has 122 valence electrons. The van der Waals surface area contributed by atoms with Crippen LogP contribution in [-0.2, 0) is 17.9 Å². The molecule has 0 aliphatic heterocycles. The van der Waals surface area contributed by atoms with Crippen LogP contribution in [0.1, 0.15) is 60.2 Å². The number of imidazole rings is 1. The zero-order chi connectivity index (χ0) is 16.4. The van der Waals surface area contributed by atoms with Crippen molar-refractivity contribution in [2.45, 2.75) is 65.8 Å². The summed E-state index contributed by atoms with van der Waals surface area (Å²) in [6, 6.07) is 0.0680. The molecule has 1 unspecified atom stereocenters. The van der Waals surface area contributed by atoms with Crippen molar-refractivity contribution < 1.29 is 4.55 Å². The van der Waals surface area contributed by atoms with Gasteiger partial charge >= 0.3 is 0 Å². The van der Waals surface area contributed by atoms with Crippen LogP contribution < -0.4 is 0 Å². The Morgan fingerprint density at radius 2 is 1.86 bits per heavy atom. The van der Waals surface area contributed by atoms with Crippen molar-refractivity contribution in [1.82, 2.24) is 13.9 Å². The summed E-state index contributed by atoms with van der Waals surface area (Å²) >= 11 is -1.05. The Hall–Kier alpha value is -0.520. The van der Waals surface area contributed by atoms with Gasteiger partial charge in [0.05, 0.1) is 12.0 Å².